The van der Waals surface area contributed by atoms with E-state index in [1.165, 1.54) is 10.2 Å². The van der Waals surface area contributed by atoms with Crippen LogP contribution in [0.4, 0.5) is 0 Å². The van der Waals surface area contributed by atoms with Crippen LogP contribution in [0.3, 0.4) is 0 Å². The third-order valence-electron chi connectivity index (χ3n) is 4.10. The summed E-state index contributed by atoms with van der Waals surface area (Å²) < 4.78 is 3.10. The molecule has 1 heterocycles. The van der Waals surface area contributed by atoms with E-state index in [9.17, 15) is 4.79 Å². The average molecular weight is 327 g/mol. The smallest absolute Gasteiger partial charge is 0.245 e. The minimum Gasteiger partial charge on any atom is -0.245 e. The van der Waals surface area contributed by atoms with Gasteiger partial charge in [0.15, 0.2) is 5.82 Å². The van der Waals surface area contributed by atoms with Crippen LogP contribution in [-0.4, -0.2) is 14.3 Å². The predicted molar refractivity (Wildman–Crippen MR) is 99.3 cm³/mol. The maximum Gasteiger partial charge on any atom is 0.355 e. The fourth-order valence-electron chi connectivity index (χ4n) is 2.80. The number of rotatable bonds is 3. The highest BCUT2D eigenvalue weighted by Crippen LogP contribution is 2.21. The van der Waals surface area contributed by atoms with Gasteiger partial charge >= 0.3 is 5.69 Å². The van der Waals surface area contributed by atoms with E-state index in [4.69, 9.17) is 0 Å². The maximum atomic E-state index is 13.1. The van der Waals surface area contributed by atoms with Crippen molar-refractivity contribution in [2.45, 2.75) is 6.92 Å². The van der Waals surface area contributed by atoms with Crippen molar-refractivity contribution >= 4 is 0 Å². The standard InChI is InChI=1S/C21H17N3O/c1-16-12-14-17(15-13-16)20-22-24(19-10-6-3-7-11-19)21(25)23(20)18-8-4-2-5-9-18/h2-15H,1H3. The zero-order valence-corrected chi connectivity index (χ0v) is 13.8. The molecule has 25 heavy (non-hydrogen) atoms. The monoisotopic (exact) mass is 327 g/mol. The van der Waals surface area contributed by atoms with Gasteiger partial charge in [-0.25, -0.2) is 9.36 Å². The van der Waals surface area contributed by atoms with E-state index < -0.39 is 0 Å². The molecule has 122 valence electrons. The normalized spacial score (nSPS) is 10.8. The molecule has 0 bridgehead atoms. The highest BCUT2D eigenvalue weighted by molar-refractivity contribution is 5.59. The van der Waals surface area contributed by atoms with Gasteiger partial charge in [-0.1, -0.05) is 66.2 Å². The predicted octanol–water partition coefficient (Wildman–Crippen LogP) is 4.00. The Kier molecular flexibility index (Phi) is 3.78. The molecular weight excluding hydrogens is 310 g/mol. The Morgan fingerprint density at radius 3 is 1.88 bits per heavy atom. The first kappa shape index (κ1) is 15.1. The molecule has 4 rings (SSSR count). The lowest BCUT2D eigenvalue weighted by Crippen LogP contribution is -2.22. The number of aromatic nitrogens is 3. The molecule has 0 atom stereocenters. The van der Waals surface area contributed by atoms with Crippen LogP contribution in [0.1, 0.15) is 5.56 Å². The molecule has 0 unspecified atom stereocenters. The van der Waals surface area contributed by atoms with Gasteiger partial charge < -0.3 is 0 Å². The molecule has 0 spiro atoms. The summed E-state index contributed by atoms with van der Waals surface area (Å²) in [5, 5.41) is 4.62. The van der Waals surface area contributed by atoms with Crippen LogP contribution in [-0.2, 0) is 0 Å². The largest absolute Gasteiger partial charge is 0.355 e. The van der Waals surface area contributed by atoms with Gasteiger partial charge in [-0.3, -0.25) is 0 Å². The van der Waals surface area contributed by atoms with Gasteiger partial charge in [0.1, 0.15) is 0 Å². The summed E-state index contributed by atoms with van der Waals surface area (Å²) >= 11 is 0. The molecular formula is C21H17N3O. The molecule has 0 saturated carbocycles. The van der Waals surface area contributed by atoms with Crippen molar-refractivity contribution < 1.29 is 0 Å². The van der Waals surface area contributed by atoms with Crippen molar-refractivity contribution in [3.05, 3.63) is 101 Å². The molecule has 0 N–H and O–H groups in total. The molecule has 4 nitrogen and oxygen atoms in total. The first-order valence-corrected chi connectivity index (χ1v) is 8.14. The number of hydrogen-bond donors (Lipinski definition) is 0. The Morgan fingerprint density at radius 1 is 0.720 bits per heavy atom. The minimum absolute atomic E-state index is 0.187. The lowest BCUT2D eigenvalue weighted by molar-refractivity contribution is 0.830. The Morgan fingerprint density at radius 2 is 1.28 bits per heavy atom. The van der Waals surface area contributed by atoms with Crippen LogP contribution in [0, 0.1) is 6.92 Å². The summed E-state index contributed by atoms with van der Waals surface area (Å²) in [7, 11) is 0. The van der Waals surface area contributed by atoms with Gasteiger partial charge in [0.25, 0.3) is 0 Å². The third kappa shape index (κ3) is 2.78. The molecule has 4 heteroatoms. The molecule has 0 fully saturated rings. The van der Waals surface area contributed by atoms with E-state index in [0.717, 1.165) is 16.9 Å². The molecule has 0 saturated heterocycles. The summed E-state index contributed by atoms with van der Waals surface area (Å²) in [5.41, 5.74) is 3.43. The first-order valence-electron chi connectivity index (χ1n) is 8.14. The zero-order valence-electron chi connectivity index (χ0n) is 13.8. The summed E-state index contributed by atoms with van der Waals surface area (Å²) in [6, 6.07) is 27.1. The Balaban J connectivity index is 1.99. The fraction of sp³-hybridized carbons (Fsp3) is 0.0476. The van der Waals surface area contributed by atoms with Crippen LogP contribution in [0.5, 0.6) is 0 Å². The number of aryl methyl sites for hydroxylation is 1. The molecule has 0 aliphatic carbocycles. The fourth-order valence-corrected chi connectivity index (χ4v) is 2.80. The SMILES string of the molecule is Cc1ccc(-c2nn(-c3ccccc3)c(=O)n2-c2ccccc2)cc1. The van der Waals surface area contributed by atoms with Crippen molar-refractivity contribution in [3.8, 4) is 22.8 Å². The number of hydrogen-bond acceptors (Lipinski definition) is 2. The molecule has 0 amide bonds. The van der Waals surface area contributed by atoms with Crippen molar-refractivity contribution in [2.24, 2.45) is 0 Å². The van der Waals surface area contributed by atoms with Gasteiger partial charge in [-0.2, -0.15) is 4.68 Å². The first-order chi connectivity index (χ1) is 12.2. The second kappa shape index (κ2) is 6.24. The van der Waals surface area contributed by atoms with E-state index >= 15 is 0 Å². The average Bonchev–Trinajstić information content (AvgIpc) is 3.01. The van der Waals surface area contributed by atoms with Crippen molar-refractivity contribution in [1.29, 1.82) is 0 Å². The molecule has 4 aromatic rings. The van der Waals surface area contributed by atoms with Crippen molar-refractivity contribution in [1.82, 2.24) is 14.3 Å². The van der Waals surface area contributed by atoms with E-state index in [2.05, 4.69) is 5.10 Å². The highest BCUT2D eigenvalue weighted by Gasteiger charge is 2.17. The molecule has 3 aromatic carbocycles. The van der Waals surface area contributed by atoms with Gasteiger partial charge in [0.2, 0.25) is 0 Å². The molecule has 1 aromatic heterocycles. The Labute approximate surface area is 145 Å². The minimum atomic E-state index is -0.187. The summed E-state index contributed by atoms with van der Waals surface area (Å²) in [6.07, 6.45) is 0. The van der Waals surface area contributed by atoms with Crippen molar-refractivity contribution in [3.63, 3.8) is 0 Å². The van der Waals surface area contributed by atoms with Gasteiger partial charge in [-0.15, -0.1) is 5.10 Å². The number of benzene rings is 3. The van der Waals surface area contributed by atoms with Crippen LogP contribution in [0.15, 0.2) is 89.7 Å². The lowest BCUT2D eigenvalue weighted by atomic mass is 10.1. The summed E-state index contributed by atoms with van der Waals surface area (Å²) in [5.74, 6) is 0.625. The highest BCUT2D eigenvalue weighted by atomic mass is 16.2. The Bertz CT molecular complexity index is 1050. The van der Waals surface area contributed by atoms with Crippen LogP contribution in [0.25, 0.3) is 22.8 Å². The van der Waals surface area contributed by atoms with Gasteiger partial charge in [0.05, 0.1) is 11.4 Å². The van der Waals surface area contributed by atoms with Gasteiger partial charge in [-0.05, 0) is 31.2 Å². The summed E-state index contributed by atoms with van der Waals surface area (Å²) in [6.45, 7) is 2.04. The van der Waals surface area contributed by atoms with Crippen LogP contribution in [0.2, 0.25) is 0 Å². The second-order valence-electron chi connectivity index (χ2n) is 5.89. The van der Waals surface area contributed by atoms with E-state index in [1.807, 2.05) is 91.9 Å². The van der Waals surface area contributed by atoms with Gasteiger partial charge in [0, 0.05) is 5.56 Å². The van der Waals surface area contributed by atoms with E-state index in [1.54, 1.807) is 4.57 Å². The summed E-state index contributed by atoms with van der Waals surface area (Å²) in [4.78, 5) is 13.1. The number of nitrogens with zero attached hydrogens (tertiary/aromatic N) is 3. The van der Waals surface area contributed by atoms with Crippen LogP contribution < -0.4 is 5.69 Å². The Hall–Kier alpha value is -3.40. The number of para-hydroxylation sites is 2. The van der Waals surface area contributed by atoms with E-state index in [0.29, 0.717) is 5.82 Å². The quantitative estimate of drug-likeness (QED) is 0.570. The second-order valence-corrected chi connectivity index (χ2v) is 5.89. The molecule has 0 radical (unpaired) electrons. The van der Waals surface area contributed by atoms with Crippen LogP contribution >= 0.6 is 0 Å². The lowest BCUT2D eigenvalue weighted by Gasteiger charge is -2.05. The topological polar surface area (TPSA) is 39.8 Å². The molecule has 0 aliphatic rings. The molecule has 0 aliphatic heterocycles. The zero-order chi connectivity index (χ0) is 17.2. The third-order valence-corrected chi connectivity index (χ3v) is 4.10. The van der Waals surface area contributed by atoms with Crippen molar-refractivity contribution in [2.75, 3.05) is 0 Å². The maximum absolute atomic E-state index is 13.1. The van der Waals surface area contributed by atoms with E-state index in [-0.39, 0.29) is 5.69 Å².